The van der Waals surface area contributed by atoms with Crippen molar-refractivity contribution in [1.82, 2.24) is 5.43 Å². The number of nitrogens with zero attached hydrogens (tertiary/aromatic N) is 1. The number of para-hydroxylation sites is 1. The van der Waals surface area contributed by atoms with Crippen LogP contribution in [-0.4, -0.2) is 44.0 Å². The Bertz CT molecular complexity index is 805. The van der Waals surface area contributed by atoms with E-state index in [1.54, 1.807) is 30.3 Å². The third-order valence-corrected chi connectivity index (χ3v) is 3.30. The second-order valence-electron chi connectivity index (χ2n) is 4.97. The third kappa shape index (κ3) is 4.73. The Morgan fingerprint density at radius 3 is 2.46 bits per heavy atom. The minimum atomic E-state index is -1.21. The number of carboxylic acids is 1. The summed E-state index contributed by atoms with van der Waals surface area (Å²) in [5, 5.41) is 13.2. The van der Waals surface area contributed by atoms with Crippen molar-refractivity contribution in [3.8, 4) is 17.2 Å². The van der Waals surface area contributed by atoms with Crippen LogP contribution in [0, 0.1) is 0 Å². The molecule has 2 aromatic rings. The van der Waals surface area contributed by atoms with Gasteiger partial charge in [-0.05, 0) is 24.3 Å². The largest absolute Gasteiger partial charge is 0.493 e. The minimum Gasteiger partial charge on any atom is -0.493 e. The lowest BCUT2D eigenvalue weighted by Crippen LogP contribution is -2.24. The highest BCUT2D eigenvalue weighted by molar-refractivity contribution is 6.02. The molecule has 0 bridgehead atoms. The molecule has 0 aromatic heterocycles. The molecule has 26 heavy (non-hydrogen) atoms. The molecule has 0 atom stereocenters. The van der Waals surface area contributed by atoms with Gasteiger partial charge in [0.25, 0.3) is 5.91 Å². The number of hydrazone groups is 1. The van der Waals surface area contributed by atoms with Crippen molar-refractivity contribution in [2.24, 2.45) is 5.10 Å². The van der Waals surface area contributed by atoms with E-state index in [9.17, 15) is 14.7 Å². The molecule has 0 radical (unpaired) electrons. The Morgan fingerprint density at radius 1 is 1.12 bits per heavy atom. The minimum absolute atomic E-state index is 0.0719. The van der Waals surface area contributed by atoms with Gasteiger partial charge in [0.1, 0.15) is 11.3 Å². The number of carbonyl (C=O) groups is 2. The molecule has 0 saturated heterocycles. The molecule has 2 rings (SSSR count). The van der Waals surface area contributed by atoms with E-state index in [0.717, 1.165) is 0 Å². The second-order valence-corrected chi connectivity index (χ2v) is 4.97. The summed E-state index contributed by atoms with van der Waals surface area (Å²) in [5.74, 6) is -0.784. The molecule has 2 N–H and O–H groups in total. The highest BCUT2D eigenvalue weighted by Crippen LogP contribution is 2.32. The molecule has 0 heterocycles. The van der Waals surface area contributed by atoms with E-state index in [1.807, 2.05) is 6.07 Å². The third-order valence-electron chi connectivity index (χ3n) is 3.30. The summed E-state index contributed by atoms with van der Waals surface area (Å²) in [5.41, 5.74) is 2.40. The Labute approximate surface area is 150 Å². The molecule has 0 aliphatic carbocycles. The fraction of sp³-hybridized carbons (Fsp3) is 0.167. The Hall–Kier alpha value is -3.55. The second kappa shape index (κ2) is 9.07. The number of rotatable bonds is 8. The predicted octanol–water partition coefficient (Wildman–Crippen LogP) is 1.93. The quantitative estimate of drug-likeness (QED) is 0.552. The van der Waals surface area contributed by atoms with E-state index in [-0.39, 0.29) is 29.2 Å². The van der Waals surface area contributed by atoms with Gasteiger partial charge in [-0.25, -0.2) is 10.2 Å². The van der Waals surface area contributed by atoms with Crippen LogP contribution in [0.15, 0.2) is 47.6 Å². The van der Waals surface area contributed by atoms with Gasteiger partial charge in [-0.2, -0.15) is 5.10 Å². The fourth-order valence-corrected chi connectivity index (χ4v) is 2.14. The summed E-state index contributed by atoms with van der Waals surface area (Å²) in [6, 6.07) is 11.9. The molecule has 0 spiro atoms. The first kappa shape index (κ1) is 18.8. The first-order chi connectivity index (χ1) is 12.6. The van der Waals surface area contributed by atoms with Crippen LogP contribution in [0.25, 0.3) is 0 Å². The first-order valence-corrected chi connectivity index (χ1v) is 7.54. The van der Waals surface area contributed by atoms with Crippen molar-refractivity contribution in [3.05, 3.63) is 53.6 Å². The van der Waals surface area contributed by atoms with Crippen LogP contribution in [-0.2, 0) is 4.79 Å². The van der Waals surface area contributed by atoms with Gasteiger partial charge in [-0.1, -0.05) is 18.2 Å². The van der Waals surface area contributed by atoms with Crippen LogP contribution in [0.4, 0.5) is 0 Å². The predicted molar refractivity (Wildman–Crippen MR) is 94.2 cm³/mol. The fourth-order valence-electron chi connectivity index (χ4n) is 2.14. The van der Waals surface area contributed by atoms with Gasteiger partial charge in [-0.3, -0.25) is 4.79 Å². The molecule has 0 aliphatic rings. The number of benzene rings is 2. The van der Waals surface area contributed by atoms with Gasteiger partial charge in [0.15, 0.2) is 18.1 Å². The summed E-state index contributed by atoms with van der Waals surface area (Å²) < 4.78 is 15.5. The average molecular weight is 358 g/mol. The average Bonchev–Trinajstić information content (AvgIpc) is 2.66. The highest BCUT2D eigenvalue weighted by atomic mass is 16.5. The van der Waals surface area contributed by atoms with E-state index in [0.29, 0.717) is 5.75 Å². The number of methoxy groups -OCH3 is 2. The van der Waals surface area contributed by atoms with E-state index in [1.165, 1.54) is 26.5 Å². The van der Waals surface area contributed by atoms with Crippen LogP contribution < -0.4 is 19.6 Å². The van der Waals surface area contributed by atoms with Crippen LogP contribution in [0.5, 0.6) is 17.2 Å². The molecule has 8 nitrogen and oxygen atoms in total. The Balaban J connectivity index is 2.05. The standard InChI is InChI=1S/C18H18N2O6/c1-24-14-9-8-12(16(18(22)23)17(14)25-2)10-19-20-15(21)11-26-13-6-4-3-5-7-13/h3-10H,11H2,1-2H3,(H,20,21)(H,22,23)/b19-10-. The van der Waals surface area contributed by atoms with Crippen molar-refractivity contribution in [3.63, 3.8) is 0 Å². The van der Waals surface area contributed by atoms with Crippen molar-refractivity contribution < 1.29 is 28.9 Å². The zero-order valence-electron chi connectivity index (χ0n) is 14.3. The number of ether oxygens (including phenoxy) is 3. The molecule has 0 aliphatic heterocycles. The first-order valence-electron chi connectivity index (χ1n) is 7.54. The smallest absolute Gasteiger partial charge is 0.340 e. The monoisotopic (exact) mass is 358 g/mol. The molecule has 1 amide bonds. The van der Waals surface area contributed by atoms with Gasteiger partial charge in [0, 0.05) is 5.56 Å². The molecular formula is C18H18N2O6. The van der Waals surface area contributed by atoms with Gasteiger partial charge >= 0.3 is 5.97 Å². The zero-order chi connectivity index (χ0) is 18.9. The normalized spacial score (nSPS) is 10.4. The van der Waals surface area contributed by atoms with Crippen LogP contribution >= 0.6 is 0 Å². The molecule has 2 aromatic carbocycles. The van der Waals surface area contributed by atoms with E-state index in [4.69, 9.17) is 14.2 Å². The van der Waals surface area contributed by atoms with Crippen LogP contribution in [0.1, 0.15) is 15.9 Å². The molecule has 0 fully saturated rings. The Kier molecular flexibility index (Phi) is 6.55. The molecule has 8 heteroatoms. The highest BCUT2D eigenvalue weighted by Gasteiger charge is 2.20. The summed E-state index contributed by atoms with van der Waals surface area (Å²) in [6.07, 6.45) is 1.21. The SMILES string of the molecule is COc1ccc(/C=N\NC(=O)COc2ccccc2)c(C(=O)O)c1OC. The lowest BCUT2D eigenvalue weighted by Gasteiger charge is -2.12. The van der Waals surface area contributed by atoms with Gasteiger partial charge in [0.05, 0.1) is 20.4 Å². The summed E-state index contributed by atoms with van der Waals surface area (Å²) in [6.45, 7) is -0.223. The summed E-state index contributed by atoms with van der Waals surface area (Å²) >= 11 is 0. The number of carbonyl (C=O) groups excluding carboxylic acids is 1. The molecule has 0 saturated carbocycles. The maximum atomic E-state index is 11.7. The number of hydrogen-bond acceptors (Lipinski definition) is 6. The number of carboxylic acid groups (broad SMARTS) is 1. The van der Waals surface area contributed by atoms with Crippen molar-refractivity contribution in [1.29, 1.82) is 0 Å². The maximum absolute atomic E-state index is 11.7. The summed E-state index contributed by atoms with van der Waals surface area (Å²) in [4.78, 5) is 23.3. The lowest BCUT2D eigenvalue weighted by molar-refractivity contribution is -0.123. The van der Waals surface area contributed by atoms with Gasteiger partial charge in [0.2, 0.25) is 0 Å². The van der Waals surface area contributed by atoms with Crippen molar-refractivity contribution >= 4 is 18.1 Å². The number of amides is 1. The van der Waals surface area contributed by atoms with E-state index in [2.05, 4.69) is 10.5 Å². The van der Waals surface area contributed by atoms with Crippen LogP contribution in [0.2, 0.25) is 0 Å². The molecule has 0 unspecified atom stereocenters. The topological polar surface area (TPSA) is 106 Å². The maximum Gasteiger partial charge on any atom is 0.340 e. The van der Waals surface area contributed by atoms with E-state index >= 15 is 0 Å². The van der Waals surface area contributed by atoms with Crippen molar-refractivity contribution in [2.75, 3.05) is 20.8 Å². The zero-order valence-corrected chi connectivity index (χ0v) is 14.3. The molecular weight excluding hydrogens is 340 g/mol. The Morgan fingerprint density at radius 2 is 1.85 bits per heavy atom. The van der Waals surface area contributed by atoms with Gasteiger partial charge in [-0.15, -0.1) is 0 Å². The lowest BCUT2D eigenvalue weighted by atomic mass is 10.1. The number of aromatic carboxylic acids is 1. The summed E-state index contributed by atoms with van der Waals surface area (Å²) in [7, 11) is 2.75. The van der Waals surface area contributed by atoms with Gasteiger partial charge < -0.3 is 19.3 Å². The number of nitrogens with one attached hydrogen (secondary N) is 1. The van der Waals surface area contributed by atoms with Crippen LogP contribution in [0.3, 0.4) is 0 Å². The molecule has 136 valence electrons. The van der Waals surface area contributed by atoms with E-state index < -0.39 is 11.9 Å². The number of hydrogen-bond donors (Lipinski definition) is 2. The van der Waals surface area contributed by atoms with Crippen molar-refractivity contribution in [2.45, 2.75) is 0 Å².